The van der Waals surface area contributed by atoms with E-state index in [1.165, 1.54) is 0 Å². The Morgan fingerprint density at radius 1 is 0.789 bits per heavy atom. The van der Waals surface area contributed by atoms with Crippen LogP contribution in [0, 0.1) is 0 Å². The molecule has 4 heteroatoms. The Morgan fingerprint density at radius 3 is 2.16 bits per heavy atom. The average molecular weight is 256 g/mol. The van der Waals surface area contributed by atoms with Crippen LogP contribution in [0.2, 0.25) is 0 Å². The van der Waals surface area contributed by atoms with Crippen LogP contribution in [0.1, 0.15) is 5.56 Å². The lowest BCUT2D eigenvalue weighted by Gasteiger charge is -2.26. The van der Waals surface area contributed by atoms with Gasteiger partial charge in [0.15, 0.2) is 23.4 Å². The second kappa shape index (κ2) is 4.17. The summed E-state index contributed by atoms with van der Waals surface area (Å²) in [5.41, 5.74) is 1.10. The van der Waals surface area contributed by atoms with Gasteiger partial charge in [-0.15, -0.1) is 0 Å². The molecule has 1 atom stereocenters. The lowest BCUT2D eigenvalue weighted by atomic mass is 10.1. The summed E-state index contributed by atoms with van der Waals surface area (Å²) in [6.45, 7) is 0. The van der Waals surface area contributed by atoms with Crippen LogP contribution >= 0.6 is 0 Å². The molecular weight excluding hydrogens is 244 g/mol. The number of hydrogen-bond donors (Lipinski definition) is 0. The van der Waals surface area contributed by atoms with Gasteiger partial charge in [-0.1, -0.05) is 30.3 Å². The van der Waals surface area contributed by atoms with Gasteiger partial charge in [-0.25, -0.2) is 0 Å². The highest BCUT2D eigenvalue weighted by atomic mass is 17.2. The van der Waals surface area contributed by atoms with E-state index < -0.39 is 6.29 Å². The number of para-hydroxylation sites is 3. The van der Waals surface area contributed by atoms with E-state index in [2.05, 4.69) is 0 Å². The van der Waals surface area contributed by atoms with Gasteiger partial charge in [0.05, 0.1) is 0 Å². The average Bonchev–Trinajstić information content (AvgIpc) is 2.90. The molecule has 2 aliphatic rings. The minimum absolute atomic E-state index is 0.276. The van der Waals surface area contributed by atoms with Crippen molar-refractivity contribution in [3.8, 4) is 17.2 Å². The maximum absolute atomic E-state index is 5.73. The minimum atomic E-state index is -0.467. The first-order valence-corrected chi connectivity index (χ1v) is 6.24. The molecule has 0 N–H and O–H groups in total. The van der Waals surface area contributed by atoms with Crippen LogP contribution in [-0.4, -0.2) is 12.4 Å². The molecule has 0 aromatic heterocycles. The predicted octanol–water partition coefficient (Wildman–Crippen LogP) is 2.72. The van der Waals surface area contributed by atoms with E-state index in [0.29, 0.717) is 6.42 Å². The van der Waals surface area contributed by atoms with Crippen molar-refractivity contribution in [2.75, 3.05) is 0 Å². The zero-order valence-electron chi connectivity index (χ0n) is 10.1. The Morgan fingerprint density at radius 2 is 1.42 bits per heavy atom. The maximum Gasteiger partial charge on any atom is 0.271 e. The van der Waals surface area contributed by atoms with Crippen molar-refractivity contribution in [1.82, 2.24) is 0 Å². The Balaban J connectivity index is 1.54. The minimum Gasteiger partial charge on any atom is -0.448 e. The molecule has 4 rings (SSSR count). The number of fused-ring (bicyclic) bond motifs is 2. The highest BCUT2D eigenvalue weighted by Crippen LogP contribution is 2.37. The molecule has 2 aromatic carbocycles. The first kappa shape index (κ1) is 10.7. The van der Waals surface area contributed by atoms with E-state index in [0.717, 1.165) is 22.8 Å². The van der Waals surface area contributed by atoms with E-state index in [-0.39, 0.29) is 6.10 Å². The summed E-state index contributed by atoms with van der Waals surface area (Å²) >= 11 is 0. The predicted molar refractivity (Wildman–Crippen MR) is 67.1 cm³/mol. The van der Waals surface area contributed by atoms with Crippen LogP contribution in [0.5, 0.6) is 17.2 Å². The standard InChI is InChI=1S/C15H12O4/c1-2-6-11-10(5-1)9-14(19-18-11)15-16-12-7-3-4-8-13(12)17-15/h1-8,14-15H,9H2. The van der Waals surface area contributed by atoms with Crippen molar-refractivity contribution in [1.29, 1.82) is 0 Å². The second-order valence-corrected chi connectivity index (χ2v) is 4.58. The van der Waals surface area contributed by atoms with Gasteiger partial charge in [-0.2, -0.15) is 4.89 Å². The normalized spacial score (nSPS) is 20.7. The summed E-state index contributed by atoms with van der Waals surface area (Å²) in [6.07, 6.45) is -0.0393. The van der Waals surface area contributed by atoms with Crippen molar-refractivity contribution >= 4 is 0 Å². The van der Waals surface area contributed by atoms with Crippen LogP contribution in [0.25, 0.3) is 0 Å². The van der Waals surface area contributed by atoms with Gasteiger partial charge in [0, 0.05) is 12.0 Å². The fourth-order valence-electron chi connectivity index (χ4n) is 2.33. The summed E-state index contributed by atoms with van der Waals surface area (Å²) < 4.78 is 11.5. The van der Waals surface area contributed by atoms with Gasteiger partial charge >= 0.3 is 0 Å². The topological polar surface area (TPSA) is 36.9 Å². The summed E-state index contributed by atoms with van der Waals surface area (Å²) in [5, 5.41) is 0. The largest absolute Gasteiger partial charge is 0.448 e. The summed E-state index contributed by atoms with van der Waals surface area (Å²) in [5.74, 6) is 2.25. The number of ether oxygens (including phenoxy) is 2. The molecule has 0 radical (unpaired) electrons. The van der Waals surface area contributed by atoms with E-state index in [1.54, 1.807) is 0 Å². The van der Waals surface area contributed by atoms with Crippen LogP contribution < -0.4 is 14.4 Å². The smallest absolute Gasteiger partial charge is 0.271 e. The molecule has 0 fully saturated rings. The lowest BCUT2D eigenvalue weighted by Crippen LogP contribution is -2.40. The fraction of sp³-hybridized carbons (Fsp3) is 0.200. The molecular formula is C15H12O4. The molecule has 0 saturated carbocycles. The maximum atomic E-state index is 5.73. The highest BCUT2D eigenvalue weighted by molar-refractivity contribution is 5.42. The van der Waals surface area contributed by atoms with Crippen LogP contribution in [0.4, 0.5) is 0 Å². The monoisotopic (exact) mass is 256 g/mol. The molecule has 2 heterocycles. The Labute approximate surface area is 110 Å². The first-order chi connectivity index (χ1) is 9.40. The lowest BCUT2D eigenvalue weighted by molar-refractivity contribution is -0.288. The Bertz CT molecular complexity index is 586. The molecule has 4 nitrogen and oxygen atoms in total. The van der Waals surface area contributed by atoms with E-state index in [1.807, 2.05) is 48.5 Å². The van der Waals surface area contributed by atoms with Crippen LogP contribution in [0.15, 0.2) is 48.5 Å². The summed E-state index contributed by atoms with van der Waals surface area (Å²) in [6, 6.07) is 15.4. The van der Waals surface area contributed by atoms with Gasteiger partial charge in [-0.3, -0.25) is 0 Å². The summed E-state index contributed by atoms with van der Waals surface area (Å²) in [7, 11) is 0. The molecule has 0 aliphatic carbocycles. The quantitative estimate of drug-likeness (QED) is 0.735. The molecule has 0 saturated heterocycles. The molecule has 2 aromatic rings. The van der Waals surface area contributed by atoms with Crippen molar-refractivity contribution in [3.63, 3.8) is 0 Å². The van der Waals surface area contributed by atoms with Crippen molar-refractivity contribution in [3.05, 3.63) is 54.1 Å². The van der Waals surface area contributed by atoms with Crippen molar-refractivity contribution < 1.29 is 19.2 Å². The number of hydrogen-bond acceptors (Lipinski definition) is 4. The zero-order valence-corrected chi connectivity index (χ0v) is 10.1. The first-order valence-electron chi connectivity index (χ1n) is 6.24. The summed E-state index contributed by atoms with van der Waals surface area (Å²) in [4.78, 5) is 10.7. The molecule has 0 amide bonds. The number of benzene rings is 2. The second-order valence-electron chi connectivity index (χ2n) is 4.58. The van der Waals surface area contributed by atoms with Gasteiger partial charge in [0.2, 0.25) is 0 Å². The third-order valence-electron chi connectivity index (χ3n) is 3.29. The molecule has 1 unspecified atom stereocenters. The SMILES string of the molecule is c1ccc2c(c1)CC(C1Oc3ccccc3O1)OO2. The van der Waals surface area contributed by atoms with Crippen LogP contribution in [0.3, 0.4) is 0 Å². The molecule has 2 aliphatic heterocycles. The molecule has 96 valence electrons. The Kier molecular flexibility index (Phi) is 2.35. The fourth-order valence-corrected chi connectivity index (χ4v) is 2.33. The van der Waals surface area contributed by atoms with Crippen LogP contribution in [-0.2, 0) is 11.3 Å². The van der Waals surface area contributed by atoms with Gasteiger partial charge in [0.1, 0.15) is 0 Å². The van der Waals surface area contributed by atoms with E-state index in [4.69, 9.17) is 19.2 Å². The molecule has 0 bridgehead atoms. The van der Waals surface area contributed by atoms with E-state index >= 15 is 0 Å². The number of rotatable bonds is 1. The van der Waals surface area contributed by atoms with E-state index in [9.17, 15) is 0 Å². The van der Waals surface area contributed by atoms with Gasteiger partial charge in [-0.05, 0) is 18.2 Å². The molecule has 19 heavy (non-hydrogen) atoms. The zero-order chi connectivity index (χ0) is 12.7. The Hall–Kier alpha value is -2.20. The van der Waals surface area contributed by atoms with Gasteiger partial charge in [0.25, 0.3) is 6.29 Å². The highest BCUT2D eigenvalue weighted by Gasteiger charge is 2.36. The van der Waals surface area contributed by atoms with Gasteiger partial charge < -0.3 is 14.4 Å². The third-order valence-corrected chi connectivity index (χ3v) is 3.29. The third kappa shape index (κ3) is 1.81. The molecule has 0 spiro atoms. The van der Waals surface area contributed by atoms with Crippen molar-refractivity contribution in [2.24, 2.45) is 0 Å². The van der Waals surface area contributed by atoms with Crippen molar-refractivity contribution in [2.45, 2.75) is 18.8 Å².